The van der Waals surface area contributed by atoms with Crippen LogP contribution in [0.4, 0.5) is 0 Å². The highest BCUT2D eigenvalue weighted by Crippen LogP contribution is 2.14. The van der Waals surface area contributed by atoms with E-state index in [2.05, 4.69) is 0 Å². The van der Waals surface area contributed by atoms with Crippen molar-refractivity contribution in [3.8, 4) is 0 Å². The van der Waals surface area contributed by atoms with Crippen molar-refractivity contribution in [2.24, 2.45) is 0 Å². The number of hydrogen-bond acceptors (Lipinski definition) is 4. The van der Waals surface area contributed by atoms with Gasteiger partial charge in [-0.25, -0.2) is 21.1 Å². The van der Waals surface area contributed by atoms with E-state index >= 15 is 0 Å². The molecule has 1 rings (SSSR count). The van der Waals surface area contributed by atoms with Gasteiger partial charge in [0, 0.05) is 23.8 Å². The van der Waals surface area contributed by atoms with Crippen LogP contribution in [0.5, 0.6) is 0 Å². The Morgan fingerprint density at radius 1 is 0.938 bits per heavy atom. The Bertz CT molecular complexity index is 411. The molecule has 0 bridgehead atoms. The lowest BCUT2D eigenvalue weighted by atomic mass is 10.2. The van der Waals surface area contributed by atoms with Crippen LogP contribution in [0.3, 0.4) is 0 Å². The molecular weight excluding hydrogens is 274 g/mol. The summed E-state index contributed by atoms with van der Waals surface area (Å²) in [4.78, 5) is 0. The van der Waals surface area contributed by atoms with E-state index in [0.29, 0.717) is 13.1 Å². The molecule has 0 atom stereocenters. The van der Waals surface area contributed by atoms with Crippen molar-refractivity contribution in [3.05, 3.63) is 0 Å². The minimum absolute atomic E-state index is 0.0602. The molecule has 0 aromatic rings. The van der Waals surface area contributed by atoms with E-state index in [4.69, 9.17) is 10.7 Å². The molecule has 0 saturated carbocycles. The quantitative estimate of drug-likeness (QED) is 0.701. The minimum atomic E-state index is -3.59. The smallest absolute Gasteiger partial charge is 0.212 e. The van der Waals surface area contributed by atoms with Crippen molar-refractivity contribution in [2.45, 2.75) is 25.7 Å². The van der Waals surface area contributed by atoms with Crippen molar-refractivity contribution in [2.75, 3.05) is 24.6 Å². The van der Waals surface area contributed by atoms with E-state index in [1.54, 1.807) is 0 Å². The molecule has 0 unspecified atom stereocenters. The van der Waals surface area contributed by atoms with Gasteiger partial charge in [-0.1, -0.05) is 6.42 Å². The van der Waals surface area contributed by atoms with Gasteiger partial charge in [0.25, 0.3) is 0 Å². The number of sulfonamides is 1. The van der Waals surface area contributed by atoms with E-state index in [1.807, 2.05) is 0 Å². The van der Waals surface area contributed by atoms with Crippen LogP contribution in [0.25, 0.3) is 0 Å². The Kier molecular flexibility index (Phi) is 5.03. The maximum Gasteiger partial charge on any atom is 0.232 e. The van der Waals surface area contributed by atoms with Gasteiger partial charge in [0.05, 0.1) is 11.5 Å². The maximum atomic E-state index is 11.8. The lowest BCUT2D eigenvalue weighted by Crippen LogP contribution is -2.37. The Morgan fingerprint density at radius 2 is 1.50 bits per heavy atom. The summed E-state index contributed by atoms with van der Waals surface area (Å²) in [5.41, 5.74) is 0. The number of halogens is 1. The summed E-state index contributed by atoms with van der Waals surface area (Å²) in [7, 11) is -1.87. The van der Waals surface area contributed by atoms with E-state index in [9.17, 15) is 16.8 Å². The predicted octanol–water partition coefficient (Wildman–Crippen LogP) is 0.761. The predicted molar refractivity (Wildman–Crippen MR) is 63.5 cm³/mol. The summed E-state index contributed by atoms with van der Waals surface area (Å²) in [5, 5.41) is 0. The minimum Gasteiger partial charge on any atom is -0.212 e. The summed E-state index contributed by atoms with van der Waals surface area (Å²) in [5.74, 6) is -0.430. The highest BCUT2D eigenvalue weighted by Gasteiger charge is 2.23. The number of rotatable bonds is 5. The van der Waals surface area contributed by atoms with Gasteiger partial charge >= 0.3 is 0 Å². The maximum absolute atomic E-state index is 11.8. The first-order valence-corrected chi connectivity index (χ1v) is 9.30. The van der Waals surface area contributed by atoms with Gasteiger partial charge in [-0.15, -0.1) is 0 Å². The second kappa shape index (κ2) is 5.66. The van der Waals surface area contributed by atoms with Gasteiger partial charge in [-0.2, -0.15) is 0 Å². The average molecular weight is 290 g/mol. The van der Waals surface area contributed by atoms with Crippen LogP contribution in [0.2, 0.25) is 0 Å². The molecule has 0 radical (unpaired) electrons. The molecule has 1 aliphatic rings. The van der Waals surface area contributed by atoms with Gasteiger partial charge in [0.15, 0.2) is 0 Å². The fraction of sp³-hybridized carbons (Fsp3) is 1.00. The molecule has 1 fully saturated rings. The molecular formula is C8H16ClNO4S2. The molecule has 1 aliphatic heterocycles. The van der Waals surface area contributed by atoms with Crippen LogP contribution in [0.1, 0.15) is 25.7 Å². The van der Waals surface area contributed by atoms with E-state index in [1.165, 1.54) is 4.31 Å². The number of piperidine rings is 1. The summed E-state index contributed by atoms with van der Waals surface area (Å²) < 4.78 is 46.3. The molecule has 0 amide bonds. The first-order chi connectivity index (χ1) is 7.31. The molecule has 96 valence electrons. The molecule has 1 saturated heterocycles. The standard InChI is InChI=1S/C8H16ClNO4S2/c9-15(11,12)7-4-8-16(13,14)10-5-2-1-3-6-10/h1-8H2. The Morgan fingerprint density at radius 3 is 2.00 bits per heavy atom. The first-order valence-electron chi connectivity index (χ1n) is 5.21. The lowest BCUT2D eigenvalue weighted by Gasteiger charge is -2.25. The molecule has 0 N–H and O–H groups in total. The van der Waals surface area contributed by atoms with Crippen LogP contribution in [0, 0.1) is 0 Å². The van der Waals surface area contributed by atoms with Gasteiger partial charge in [0.1, 0.15) is 0 Å². The molecule has 0 spiro atoms. The largest absolute Gasteiger partial charge is 0.232 e. The van der Waals surface area contributed by atoms with Crippen molar-refractivity contribution >= 4 is 29.8 Å². The molecule has 1 heterocycles. The summed E-state index contributed by atoms with van der Waals surface area (Å²) >= 11 is 0. The fourth-order valence-corrected chi connectivity index (χ4v) is 4.27. The van der Waals surface area contributed by atoms with Crippen molar-refractivity contribution in [1.82, 2.24) is 4.31 Å². The summed E-state index contributed by atoms with van der Waals surface area (Å²) in [6.45, 7) is 1.10. The highest BCUT2D eigenvalue weighted by molar-refractivity contribution is 8.13. The van der Waals surface area contributed by atoms with Gasteiger partial charge in [-0.3, -0.25) is 0 Å². The third kappa shape index (κ3) is 4.99. The third-order valence-electron chi connectivity index (χ3n) is 2.50. The zero-order valence-electron chi connectivity index (χ0n) is 8.93. The van der Waals surface area contributed by atoms with Crippen LogP contribution >= 0.6 is 10.7 Å². The molecule has 5 nitrogen and oxygen atoms in total. The van der Waals surface area contributed by atoms with E-state index < -0.39 is 19.1 Å². The van der Waals surface area contributed by atoms with Crippen molar-refractivity contribution in [1.29, 1.82) is 0 Å². The molecule has 8 heteroatoms. The Hall–Kier alpha value is 0.150. The Balaban J connectivity index is 2.45. The Labute approximate surface area is 101 Å². The van der Waals surface area contributed by atoms with Crippen LogP contribution in [0.15, 0.2) is 0 Å². The summed E-state index contributed by atoms with van der Waals surface area (Å²) in [6.07, 6.45) is 2.88. The number of hydrogen-bond donors (Lipinski definition) is 0. The zero-order valence-corrected chi connectivity index (χ0v) is 11.3. The molecule has 0 aromatic carbocycles. The molecule has 16 heavy (non-hydrogen) atoms. The second-order valence-electron chi connectivity index (χ2n) is 3.87. The van der Waals surface area contributed by atoms with Gasteiger partial charge in [-0.05, 0) is 19.3 Å². The number of nitrogens with zero attached hydrogens (tertiary/aromatic N) is 1. The average Bonchev–Trinajstić information content (AvgIpc) is 2.17. The monoisotopic (exact) mass is 289 g/mol. The lowest BCUT2D eigenvalue weighted by molar-refractivity contribution is 0.346. The zero-order chi connectivity index (χ0) is 12.2. The van der Waals surface area contributed by atoms with Gasteiger partial charge < -0.3 is 0 Å². The van der Waals surface area contributed by atoms with Crippen molar-refractivity contribution < 1.29 is 16.8 Å². The topological polar surface area (TPSA) is 71.5 Å². The fourth-order valence-electron chi connectivity index (χ4n) is 1.69. The summed E-state index contributed by atoms with van der Waals surface area (Å²) in [6, 6.07) is 0. The van der Waals surface area contributed by atoms with Crippen LogP contribution in [-0.2, 0) is 19.1 Å². The second-order valence-corrected chi connectivity index (χ2v) is 8.86. The van der Waals surface area contributed by atoms with E-state index in [0.717, 1.165) is 19.3 Å². The highest BCUT2D eigenvalue weighted by atomic mass is 35.7. The first kappa shape index (κ1) is 14.2. The van der Waals surface area contributed by atoms with Gasteiger partial charge in [0.2, 0.25) is 19.1 Å². The normalized spacial score (nSPS) is 19.8. The van der Waals surface area contributed by atoms with Crippen LogP contribution in [-0.4, -0.2) is 45.7 Å². The third-order valence-corrected chi connectivity index (χ3v) is 5.69. The molecule has 0 aromatic heterocycles. The molecule has 0 aliphatic carbocycles. The van der Waals surface area contributed by atoms with Crippen LogP contribution < -0.4 is 0 Å². The van der Waals surface area contributed by atoms with Crippen molar-refractivity contribution in [3.63, 3.8) is 0 Å². The SMILES string of the molecule is O=S(=O)(Cl)CCCS(=O)(=O)N1CCCCC1. The van der Waals surface area contributed by atoms with E-state index in [-0.39, 0.29) is 17.9 Å².